The summed E-state index contributed by atoms with van der Waals surface area (Å²) in [5.74, 6) is 1.29. The van der Waals surface area contributed by atoms with Crippen LogP contribution in [0.15, 0.2) is 42.6 Å². The number of nitrogens with zero attached hydrogens (tertiary/aromatic N) is 3. The van der Waals surface area contributed by atoms with Crippen molar-refractivity contribution in [1.82, 2.24) is 9.88 Å². The van der Waals surface area contributed by atoms with Crippen LogP contribution in [0.4, 0.5) is 11.5 Å². The van der Waals surface area contributed by atoms with Gasteiger partial charge in [0.2, 0.25) is 5.91 Å². The lowest BCUT2D eigenvalue weighted by Gasteiger charge is -2.35. The number of hydrogen-bond acceptors (Lipinski definition) is 5. The van der Waals surface area contributed by atoms with Crippen LogP contribution in [-0.4, -0.2) is 55.6 Å². The molecule has 1 N–H and O–H groups in total. The van der Waals surface area contributed by atoms with E-state index in [-0.39, 0.29) is 5.91 Å². The van der Waals surface area contributed by atoms with Gasteiger partial charge in [-0.05, 0) is 36.4 Å². The molecule has 1 saturated heterocycles. The van der Waals surface area contributed by atoms with Crippen molar-refractivity contribution >= 4 is 17.4 Å². The number of benzene rings is 1. The van der Waals surface area contributed by atoms with E-state index in [4.69, 9.17) is 4.74 Å². The topological polar surface area (TPSA) is 57.7 Å². The highest BCUT2D eigenvalue weighted by atomic mass is 16.5. The number of nitrogens with one attached hydrogen (secondary N) is 1. The van der Waals surface area contributed by atoms with Crippen LogP contribution < -0.4 is 15.0 Å². The van der Waals surface area contributed by atoms with Gasteiger partial charge in [0.15, 0.2) is 0 Å². The Kier molecular flexibility index (Phi) is 6.07. The zero-order valence-electron chi connectivity index (χ0n) is 15.4. The standard InChI is InChI=1S/C20H26N4O2/c1-3-23-10-12-24(13-11-23)17-6-9-19(21-15-17)22-20(25)14-16-4-7-18(26-2)8-5-16/h4-9,15H,3,10-14H2,1-2H3,(H,21,22,25). The van der Waals surface area contributed by atoms with Crippen molar-refractivity contribution in [2.45, 2.75) is 13.3 Å². The maximum atomic E-state index is 12.2. The largest absolute Gasteiger partial charge is 0.497 e. The van der Waals surface area contributed by atoms with Crippen LogP contribution in [0.25, 0.3) is 0 Å². The van der Waals surface area contributed by atoms with E-state index in [1.807, 2.05) is 42.6 Å². The van der Waals surface area contributed by atoms with E-state index in [0.29, 0.717) is 12.2 Å². The van der Waals surface area contributed by atoms with Crippen molar-refractivity contribution in [2.75, 3.05) is 50.1 Å². The highest BCUT2D eigenvalue weighted by Crippen LogP contribution is 2.17. The normalized spacial score (nSPS) is 14.9. The summed E-state index contributed by atoms with van der Waals surface area (Å²) in [6, 6.07) is 11.4. The lowest BCUT2D eigenvalue weighted by Crippen LogP contribution is -2.46. The van der Waals surface area contributed by atoms with Gasteiger partial charge in [-0.1, -0.05) is 19.1 Å². The maximum Gasteiger partial charge on any atom is 0.229 e. The molecule has 1 fully saturated rings. The Hall–Kier alpha value is -2.60. The molecule has 0 spiro atoms. The molecule has 1 aliphatic heterocycles. The molecule has 6 nitrogen and oxygen atoms in total. The molecular weight excluding hydrogens is 328 g/mol. The number of amides is 1. The molecule has 0 aliphatic carbocycles. The Balaban J connectivity index is 1.52. The van der Waals surface area contributed by atoms with Crippen LogP contribution in [0.5, 0.6) is 5.75 Å². The number of rotatable bonds is 6. The summed E-state index contributed by atoms with van der Waals surface area (Å²) in [4.78, 5) is 21.4. The summed E-state index contributed by atoms with van der Waals surface area (Å²) in [7, 11) is 1.63. The van der Waals surface area contributed by atoms with Gasteiger partial charge in [0.05, 0.1) is 25.4 Å². The summed E-state index contributed by atoms with van der Waals surface area (Å²) in [5.41, 5.74) is 2.04. The zero-order valence-corrected chi connectivity index (χ0v) is 15.4. The first-order chi connectivity index (χ1) is 12.7. The number of aromatic nitrogens is 1. The molecule has 1 aliphatic rings. The van der Waals surface area contributed by atoms with Gasteiger partial charge >= 0.3 is 0 Å². The van der Waals surface area contributed by atoms with Crippen LogP contribution >= 0.6 is 0 Å². The van der Waals surface area contributed by atoms with Gasteiger partial charge in [-0.3, -0.25) is 4.79 Å². The molecule has 3 rings (SSSR count). The van der Waals surface area contributed by atoms with Crippen molar-refractivity contribution in [3.63, 3.8) is 0 Å². The first kappa shape index (κ1) is 18.2. The van der Waals surface area contributed by atoms with Gasteiger partial charge in [-0.25, -0.2) is 4.98 Å². The third-order valence-electron chi connectivity index (χ3n) is 4.72. The fourth-order valence-corrected chi connectivity index (χ4v) is 3.09. The molecule has 26 heavy (non-hydrogen) atoms. The Morgan fingerprint density at radius 1 is 1.12 bits per heavy atom. The summed E-state index contributed by atoms with van der Waals surface area (Å²) in [6.45, 7) is 7.48. The molecule has 0 bridgehead atoms. The summed E-state index contributed by atoms with van der Waals surface area (Å²) in [5, 5.41) is 2.86. The zero-order chi connectivity index (χ0) is 18.4. The Bertz CT molecular complexity index is 708. The molecule has 0 atom stereocenters. The second-order valence-electron chi connectivity index (χ2n) is 6.40. The van der Waals surface area contributed by atoms with Crippen molar-refractivity contribution in [2.24, 2.45) is 0 Å². The number of likely N-dealkylation sites (N-methyl/N-ethyl adjacent to an activating group) is 1. The minimum absolute atomic E-state index is 0.0769. The monoisotopic (exact) mass is 354 g/mol. The van der Waals surface area contributed by atoms with E-state index in [0.717, 1.165) is 49.7 Å². The number of pyridine rings is 1. The third-order valence-corrected chi connectivity index (χ3v) is 4.72. The summed E-state index contributed by atoms with van der Waals surface area (Å²) >= 11 is 0. The first-order valence-electron chi connectivity index (χ1n) is 9.04. The molecule has 0 saturated carbocycles. The van der Waals surface area contributed by atoms with Gasteiger partial charge in [-0.2, -0.15) is 0 Å². The average molecular weight is 354 g/mol. The maximum absolute atomic E-state index is 12.2. The minimum Gasteiger partial charge on any atom is -0.497 e. The fraction of sp³-hybridized carbons (Fsp3) is 0.400. The second kappa shape index (κ2) is 8.67. The van der Waals surface area contributed by atoms with Crippen LogP contribution in [-0.2, 0) is 11.2 Å². The van der Waals surface area contributed by atoms with Crippen LogP contribution in [0, 0.1) is 0 Å². The van der Waals surface area contributed by atoms with E-state index in [1.54, 1.807) is 7.11 Å². The van der Waals surface area contributed by atoms with Gasteiger partial charge in [-0.15, -0.1) is 0 Å². The first-order valence-corrected chi connectivity index (χ1v) is 9.04. The quantitative estimate of drug-likeness (QED) is 0.863. The molecule has 1 aromatic carbocycles. The average Bonchev–Trinajstić information content (AvgIpc) is 2.69. The molecule has 6 heteroatoms. The van der Waals surface area contributed by atoms with Crippen molar-refractivity contribution in [3.05, 3.63) is 48.2 Å². The predicted octanol–water partition coefficient (Wildman–Crippen LogP) is 2.41. The molecule has 1 amide bonds. The number of carbonyl (C=O) groups excluding carboxylic acids is 1. The third kappa shape index (κ3) is 4.73. The van der Waals surface area contributed by atoms with E-state index < -0.39 is 0 Å². The molecule has 1 aromatic heterocycles. The minimum atomic E-state index is -0.0769. The second-order valence-corrected chi connectivity index (χ2v) is 6.40. The smallest absolute Gasteiger partial charge is 0.229 e. The Morgan fingerprint density at radius 3 is 2.42 bits per heavy atom. The molecular formula is C20H26N4O2. The molecule has 2 heterocycles. The van der Waals surface area contributed by atoms with Crippen molar-refractivity contribution in [3.8, 4) is 5.75 Å². The van der Waals surface area contributed by atoms with Crippen LogP contribution in [0.1, 0.15) is 12.5 Å². The van der Waals surface area contributed by atoms with E-state index >= 15 is 0 Å². The Labute approximate surface area is 154 Å². The number of ether oxygens (including phenoxy) is 1. The molecule has 0 radical (unpaired) electrons. The lowest BCUT2D eigenvalue weighted by molar-refractivity contribution is -0.115. The van der Waals surface area contributed by atoms with E-state index in [1.165, 1.54) is 0 Å². The lowest BCUT2D eigenvalue weighted by atomic mass is 10.1. The van der Waals surface area contributed by atoms with Gasteiger partial charge in [0.1, 0.15) is 11.6 Å². The summed E-state index contributed by atoms with van der Waals surface area (Å²) < 4.78 is 5.13. The number of carbonyl (C=O) groups is 1. The van der Waals surface area contributed by atoms with E-state index in [2.05, 4.69) is 27.0 Å². The highest BCUT2D eigenvalue weighted by molar-refractivity contribution is 5.91. The SMILES string of the molecule is CCN1CCN(c2ccc(NC(=O)Cc3ccc(OC)cc3)nc2)CC1. The highest BCUT2D eigenvalue weighted by Gasteiger charge is 2.16. The predicted molar refractivity (Wildman–Crippen MR) is 104 cm³/mol. The van der Waals surface area contributed by atoms with Crippen molar-refractivity contribution in [1.29, 1.82) is 0 Å². The van der Waals surface area contributed by atoms with E-state index in [9.17, 15) is 4.79 Å². The van der Waals surface area contributed by atoms with Crippen LogP contribution in [0.3, 0.4) is 0 Å². The van der Waals surface area contributed by atoms with Gasteiger partial charge < -0.3 is 19.9 Å². The van der Waals surface area contributed by atoms with Crippen molar-refractivity contribution < 1.29 is 9.53 Å². The summed E-state index contributed by atoms with van der Waals surface area (Å²) in [6.07, 6.45) is 2.15. The Morgan fingerprint density at radius 2 is 1.85 bits per heavy atom. The number of anilines is 2. The number of methoxy groups -OCH3 is 1. The number of piperazine rings is 1. The molecule has 0 unspecified atom stereocenters. The molecule has 2 aromatic rings. The number of hydrogen-bond donors (Lipinski definition) is 1. The van der Waals surface area contributed by atoms with Crippen LogP contribution in [0.2, 0.25) is 0 Å². The van der Waals surface area contributed by atoms with Gasteiger partial charge in [0, 0.05) is 26.2 Å². The molecule has 138 valence electrons. The van der Waals surface area contributed by atoms with Gasteiger partial charge in [0.25, 0.3) is 0 Å². The fourth-order valence-electron chi connectivity index (χ4n) is 3.09.